The fourth-order valence-corrected chi connectivity index (χ4v) is 4.12. The molecule has 2 aliphatic rings. The first kappa shape index (κ1) is 16.1. The summed E-state index contributed by atoms with van der Waals surface area (Å²) in [6, 6.07) is 8.70. The summed E-state index contributed by atoms with van der Waals surface area (Å²) in [5, 5.41) is 18.5. The van der Waals surface area contributed by atoms with Crippen LogP contribution in [0.4, 0.5) is 0 Å². The molecule has 134 valence electrons. The average molecular weight is 367 g/mol. The summed E-state index contributed by atoms with van der Waals surface area (Å²) in [6.07, 6.45) is 4.96. The number of thioether (sulfide) groups is 1. The van der Waals surface area contributed by atoms with E-state index in [1.807, 2.05) is 12.1 Å². The normalized spacial score (nSPS) is 18.2. The lowest BCUT2D eigenvalue weighted by Crippen LogP contribution is -2.02. The zero-order chi connectivity index (χ0) is 17.7. The van der Waals surface area contributed by atoms with Gasteiger partial charge in [0.05, 0.1) is 5.25 Å². The highest BCUT2D eigenvalue weighted by Crippen LogP contribution is 2.47. The number of nitrogens with zero attached hydrogens (tertiary/aromatic N) is 5. The quantitative estimate of drug-likeness (QED) is 0.588. The van der Waals surface area contributed by atoms with Crippen LogP contribution in [-0.2, 0) is 0 Å². The molecule has 0 unspecified atom stereocenters. The summed E-state index contributed by atoms with van der Waals surface area (Å²) in [5.41, 5.74) is 2.13. The second kappa shape index (κ2) is 6.23. The van der Waals surface area contributed by atoms with Crippen molar-refractivity contribution in [2.24, 2.45) is 0 Å². The van der Waals surface area contributed by atoms with Crippen LogP contribution in [0.3, 0.4) is 0 Å². The van der Waals surface area contributed by atoms with Gasteiger partial charge in [0.25, 0.3) is 0 Å². The number of aromatic nitrogens is 5. The van der Waals surface area contributed by atoms with Gasteiger partial charge in [-0.25, -0.2) is 0 Å². The van der Waals surface area contributed by atoms with Crippen LogP contribution in [0.1, 0.15) is 67.1 Å². The van der Waals surface area contributed by atoms with Gasteiger partial charge in [0.1, 0.15) is 5.82 Å². The molecule has 0 aliphatic heterocycles. The van der Waals surface area contributed by atoms with Crippen molar-refractivity contribution >= 4 is 11.8 Å². The Balaban J connectivity index is 1.37. The SMILES string of the molecule is Cc1cccc(-c2nnc([C@@H](C)Sc3nnc(C4CC4)n3C3CC3)o2)c1. The molecule has 2 saturated carbocycles. The zero-order valence-electron chi connectivity index (χ0n) is 14.9. The summed E-state index contributed by atoms with van der Waals surface area (Å²) >= 11 is 1.66. The maximum Gasteiger partial charge on any atom is 0.247 e. The van der Waals surface area contributed by atoms with E-state index in [0.29, 0.717) is 23.7 Å². The minimum Gasteiger partial charge on any atom is -0.419 e. The van der Waals surface area contributed by atoms with E-state index >= 15 is 0 Å². The largest absolute Gasteiger partial charge is 0.419 e. The Labute approximate surface area is 156 Å². The van der Waals surface area contributed by atoms with Gasteiger partial charge in [0, 0.05) is 17.5 Å². The fourth-order valence-electron chi connectivity index (χ4n) is 3.17. The molecule has 0 spiro atoms. The van der Waals surface area contributed by atoms with Gasteiger partial charge < -0.3 is 8.98 Å². The minimum atomic E-state index is 0.0369. The first-order valence-electron chi connectivity index (χ1n) is 9.21. The third-order valence-corrected chi connectivity index (χ3v) is 5.93. The van der Waals surface area contributed by atoms with Gasteiger partial charge >= 0.3 is 0 Å². The maximum absolute atomic E-state index is 5.94. The molecule has 0 saturated heterocycles. The van der Waals surface area contributed by atoms with Crippen molar-refractivity contribution < 1.29 is 4.42 Å². The third-order valence-electron chi connectivity index (χ3n) is 4.88. The number of hydrogen-bond acceptors (Lipinski definition) is 6. The van der Waals surface area contributed by atoms with Crippen LogP contribution in [0.2, 0.25) is 0 Å². The van der Waals surface area contributed by atoms with E-state index in [4.69, 9.17) is 4.42 Å². The van der Waals surface area contributed by atoms with Gasteiger partial charge in [-0.15, -0.1) is 20.4 Å². The molecule has 0 radical (unpaired) electrons. The summed E-state index contributed by atoms with van der Waals surface area (Å²) in [5.74, 6) is 2.99. The molecule has 2 aliphatic carbocycles. The third kappa shape index (κ3) is 3.05. The molecule has 2 fully saturated rings. The molecule has 0 N–H and O–H groups in total. The van der Waals surface area contributed by atoms with Crippen molar-refractivity contribution in [3.8, 4) is 11.5 Å². The Hall–Kier alpha value is -2.15. The summed E-state index contributed by atoms with van der Waals surface area (Å²) < 4.78 is 8.30. The van der Waals surface area contributed by atoms with Crippen LogP contribution in [0.15, 0.2) is 33.8 Å². The fraction of sp³-hybridized carbons (Fsp3) is 0.474. The van der Waals surface area contributed by atoms with Crippen molar-refractivity contribution in [3.63, 3.8) is 0 Å². The number of aryl methyl sites for hydroxylation is 1. The summed E-state index contributed by atoms with van der Waals surface area (Å²) in [6.45, 7) is 4.14. The monoisotopic (exact) mass is 367 g/mol. The zero-order valence-corrected chi connectivity index (χ0v) is 15.7. The summed E-state index contributed by atoms with van der Waals surface area (Å²) in [4.78, 5) is 0. The molecule has 6 nitrogen and oxygen atoms in total. The van der Waals surface area contributed by atoms with Crippen LogP contribution in [0.5, 0.6) is 0 Å². The van der Waals surface area contributed by atoms with E-state index in [2.05, 4.69) is 50.9 Å². The van der Waals surface area contributed by atoms with Crippen molar-refractivity contribution in [1.82, 2.24) is 25.0 Å². The number of rotatable bonds is 6. The van der Waals surface area contributed by atoms with Crippen LogP contribution < -0.4 is 0 Å². The highest BCUT2D eigenvalue weighted by Gasteiger charge is 2.37. The molecule has 2 heterocycles. The lowest BCUT2D eigenvalue weighted by atomic mass is 10.1. The second-order valence-electron chi connectivity index (χ2n) is 7.29. The van der Waals surface area contributed by atoms with Gasteiger partial charge in [-0.3, -0.25) is 0 Å². The summed E-state index contributed by atoms with van der Waals surface area (Å²) in [7, 11) is 0. The number of benzene rings is 1. The molecule has 1 atom stereocenters. The molecule has 0 amide bonds. The van der Waals surface area contributed by atoms with Crippen LogP contribution in [0, 0.1) is 6.92 Å². The topological polar surface area (TPSA) is 69.6 Å². The van der Waals surface area contributed by atoms with Crippen LogP contribution in [0.25, 0.3) is 11.5 Å². The molecule has 2 aromatic heterocycles. The van der Waals surface area contributed by atoms with E-state index < -0.39 is 0 Å². The van der Waals surface area contributed by atoms with E-state index in [1.165, 1.54) is 37.1 Å². The molecule has 1 aromatic carbocycles. The van der Waals surface area contributed by atoms with Gasteiger partial charge in [-0.1, -0.05) is 29.5 Å². The maximum atomic E-state index is 5.94. The number of hydrogen-bond donors (Lipinski definition) is 0. The predicted molar refractivity (Wildman–Crippen MR) is 99.0 cm³/mol. The lowest BCUT2D eigenvalue weighted by Gasteiger charge is -2.10. The smallest absolute Gasteiger partial charge is 0.247 e. The van der Waals surface area contributed by atoms with Crippen molar-refractivity contribution in [2.75, 3.05) is 0 Å². The Morgan fingerprint density at radius 3 is 2.69 bits per heavy atom. The van der Waals surface area contributed by atoms with E-state index in [0.717, 1.165) is 10.7 Å². The van der Waals surface area contributed by atoms with Gasteiger partial charge in [-0.05, 0) is 51.7 Å². The average Bonchev–Trinajstić information content (AvgIpc) is 3.56. The first-order valence-corrected chi connectivity index (χ1v) is 10.1. The van der Waals surface area contributed by atoms with Crippen molar-refractivity contribution in [3.05, 3.63) is 41.5 Å². The van der Waals surface area contributed by atoms with Gasteiger partial charge in [-0.2, -0.15) is 0 Å². The predicted octanol–water partition coefficient (Wildman–Crippen LogP) is 4.70. The van der Waals surface area contributed by atoms with E-state index in [9.17, 15) is 0 Å². The Bertz CT molecular complexity index is 941. The molecule has 3 aromatic rings. The lowest BCUT2D eigenvalue weighted by molar-refractivity contribution is 0.508. The second-order valence-corrected chi connectivity index (χ2v) is 8.60. The first-order chi connectivity index (χ1) is 12.7. The standard InChI is InChI=1S/C19H21N5OS/c1-11-4-3-5-14(10-11)18-22-21-17(25-18)12(2)26-19-23-20-16(13-6-7-13)24(19)15-8-9-15/h3-5,10,12-13,15H,6-9H2,1-2H3/t12-/m1/s1. The molecule has 0 bridgehead atoms. The minimum absolute atomic E-state index is 0.0369. The highest BCUT2D eigenvalue weighted by atomic mass is 32.2. The van der Waals surface area contributed by atoms with Gasteiger partial charge in [0.15, 0.2) is 5.16 Å². The Morgan fingerprint density at radius 1 is 1.12 bits per heavy atom. The van der Waals surface area contributed by atoms with E-state index in [-0.39, 0.29) is 5.25 Å². The molecule has 7 heteroatoms. The Morgan fingerprint density at radius 2 is 1.96 bits per heavy atom. The Kier molecular flexibility index (Phi) is 3.85. The van der Waals surface area contributed by atoms with Gasteiger partial charge in [0.2, 0.25) is 11.8 Å². The molecular formula is C19H21N5OS. The molecular weight excluding hydrogens is 346 g/mol. The van der Waals surface area contributed by atoms with Crippen LogP contribution >= 0.6 is 11.8 Å². The van der Waals surface area contributed by atoms with Crippen molar-refractivity contribution in [1.29, 1.82) is 0 Å². The molecule has 5 rings (SSSR count). The highest BCUT2D eigenvalue weighted by molar-refractivity contribution is 7.99. The van der Waals surface area contributed by atoms with E-state index in [1.54, 1.807) is 11.8 Å². The molecule has 26 heavy (non-hydrogen) atoms. The van der Waals surface area contributed by atoms with Crippen molar-refractivity contribution in [2.45, 2.75) is 61.9 Å². The van der Waals surface area contributed by atoms with Crippen LogP contribution in [-0.4, -0.2) is 25.0 Å².